The van der Waals surface area contributed by atoms with Crippen LogP contribution in [0, 0.1) is 13.8 Å². The fourth-order valence-electron chi connectivity index (χ4n) is 2.46. The number of para-hydroxylation sites is 1. The third kappa shape index (κ3) is 3.23. The number of benzene rings is 1. The van der Waals surface area contributed by atoms with Gasteiger partial charge in [-0.3, -0.25) is 4.99 Å². The molecule has 0 fully saturated rings. The van der Waals surface area contributed by atoms with Crippen LogP contribution in [-0.2, 0) is 13.1 Å². The fourth-order valence-corrected chi connectivity index (χ4v) is 2.46. The summed E-state index contributed by atoms with van der Waals surface area (Å²) >= 11 is 0. The van der Waals surface area contributed by atoms with Gasteiger partial charge >= 0.3 is 0 Å². The van der Waals surface area contributed by atoms with Gasteiger partial charge in [0.05, 0.1) is 5.69 Å². The molecule has 0 spiro atoms. The second-order valence-corrected chi connectivity index (χ2v) is 5.23. The van der Waals surface area contributed by atoms with Crippen LogP contribution in [0.3, 0.4) is 0 Å². The highest BCUT2D eigenvalue weighted by atomic mass is 16.7. The first-order valence-corrected chi connectivity index (χ1v) is 7.42. The maximum Gasteiger partial charge on any atom is 0.231 e. The zero-order valence-electron chi connectivity index (χ0n) is 13.5. The predicted molar refractivity (Wildman–Crippen MR) is 85.6 cm³/mol. The van der Waals surface area contributed by atoms with E-state index < -0.39 is 0 Å². The number of aliphatic imine (C=N–C) groups is 1. The van der Waals surface area contributed by atoms with E-state index in [1.165, 1.54) is 0 Å². The van der Waals surface area contributed by atoms with Crippen LogP contribution in [0.25, 0.3) is 0 Å². The van der Waals surface area contributed by atoms with Gasteiger partial charge in [-0.2, -0.15) is 0 Å². The van der Waals surface area contributed by atoms with Crippen molar-refractivity contribution in [2.45, 2.75) is 26.9 Å². The molecule has 0 radical (unpaired) electrons. The number of nitrogens with one attached hydrogen (secondary N) is 2. The van der Waals surface area contributed by atoms with Crippen LogP contribution in [0.5, 0.6) is 11.5 Å². The number of aryl methyl sites for hydroxylation is 2. The molecule has 0 saturated heterocycles. The summed E-state index contributed by atoms with van der Waals surface area (Å²) in [6.45, 7) is 5.29. The molecule has 0 atom stereocenters. The molecular formula is C16H20N4O3. The van der Waals surface area contributed by atoms with Crippen LogP contribution in [0.15, 0.2) is 27.7 Å². The second-order valence-electron chi connectivity index (χ2n) is 5.23. The van der Waals surface area contributed by atoms with Crippen molar-refractivity contribution in [3.05, 3.63) is 40.8 Å². The molecule has 1 aliphatic heterocycles. The molecule has 122 valence electrons. The summed E-state index contributed by atoms with van der Waals surface area (Å²) in [7, 11) is 1.73. The Morgan fingerprint density at radius 1 is 1.22 bits per heavy atom. The van der Waals surface area contributed by atoms with Crippen molar-refractivity contribution in [3.8, 4) is 11.5 Å². The van der Waals surface area contributed by atoms with Gasteiger partial charge in [0.25, 0.3) is 0 Å². The van der Waals surface area contributed by atoms with Crippen molar-refractivity contribution in [1.29, 1.82) is 0 Å². The van der Waals surface area contributed by atoms with Crippen molar-refractivity contribution in [2.75, 3.05) is 13.8 Å². The Labute approximate surface area is 134 Å². The summed E-state index contributed by atoms with van der Waals surface area (Å²) in [4.78, 5) is 4.23. The topological polar surface area (TPSA) is 80.9 Å². The van der Waals surface area contributed by atoms with E-state index in [4.69, 9.17) is 14.0 Å². The lowest BCUT2D eigenvalue weighted by atomic mass is 10.2. The maximum atomic E-state index is 5.50. The van der Waals surface area contributed by atoms with E-state index in [2.05, 4.69) is 20.8 Å². The number of hydrogen-bond donors (Lipinski definition) is 2. The number of fused-ring (bicyclic) bond motifs is 1. The summed E-state index contributed by atoms with van der Waals surface area (Å²) in [5, 5.41) is 10.5. The Morgan fingerprint density at radius 2 is 2.04 bits per heavy atom. The normalized spacial score (nSPS) is 13.3. The first-order chi connectivity index (χ1) is 11.2. The Morgan fingerprint density at radius 3 is 2.78 bits per heavy atom. The van der Waals surface area contributed by atoms with Gasteiger partial charge in [0.1, 0.15) is 5.76 Å². The highest BCUT2D eigenvalue weighted by Crippen LogP contribution is 2.35. The fraction of sp³-hybridized carbons (Fsp3) is 0.375. The third-order valence-corrected chi connectivity index (χ3v) is 3.76. The van der Waals surface area contributed by atoms with E-state index in [-0.39, 0.29) is 6.79 Å². The van der Waals surface area contributed by atoms with Crippen LogP contribution in [0.2, 0.25) is 0 Å². The second kappa shape index (κ2) is 6.60. The summed E-state index contributed by atoms with van der Waals surface area (Å²) in [5.74, 6) is 3.09. The maximum absolute atomic E-state index is 5.50. The average molecular weight is 316 g/mol. The van der Waals surface area contributed by atoms with Crippen LogP contribution < -0.4 is 20.1 Å². The molecule has 2 aromatic rings. The van der Waals surface area contributed by atoms with E-state index in [1.54, 1.807) is 7.05 Å². The molecule has 7 nitrogen and oxygen atoms in total. The minimum atomic E-state index is 0.269. The number of nitrogens with zero attached hydrogens (tertiary/aromatic N) is 2. The standard InChI is InChI=1S/C16H20N4O3/c1-10-13(11(2)23-20-10)8-19-16(17-3)18-7-12-5-4-6-14-15(12)22-9-21-14/h4-6H,7-9H2,1-3H3,(H2,17,18,19). The molecule has 23 heavy (non-hydrogen) atoms. The van der Waals surface area contributed by atoms with Gasteiger partial charge in [0.2, 0.25) is 6.79 Å². The Kier molecular flexibility index (Phi) is 4.36. The number of aromatic nitrogens is 1. The monoisotopic (exact) mass is 316 g/mol. The molecule has 0 unspecified atom stereocenters. The van der Waals surface area contributed by atoms with Gasteiger partial charge in [-0.05, 0) is 19.9 Å². The molecule has 0 amide bonds. The molecule has 1 aromatic carbocycles. The molecule has 7 heteroatoms. The molecule has 1 aliphatic rings. The number of guanidine groups is 1. The minimum absolute atomic E-state index is 0.269. The van der Waals surface area contributed by atoms with Crippen molar-refractivity contribution in [3.63, 3.8) is 0 Å². The van der Waals surface area contributed by atoms with Crippen LogP contribution in [-0.4, -0.2) is 25.0 Å². The van der Waals surface area contributed by atoms with Crippen LogP contribution in [0.1, 0.15) is 22.6 Å². The van der Waals surface area contributed by atoms with Crippen LogP contribution >= 0.6 is 0 Å². The molecule has 0 bridgehead atoms. The Balaban J connectivity index is 1.60. The van der Waals surface area contributed by atoms with Gasteiger partial charge in [-0.25, -0.2) is 0 Å². The van der Waals surface area contributed by atoms with E-state index in [0.29, 0.717) is 19.0 Å². The average Bonchev–Trinajstić information content (AvgIpc) is 3.16. The lowest BCUT2D eigenvalue weighted by Gasteiger charge is -2.12. The van der Waals surface area contributed by atoms with E-state index in [0.717, 1.165) is 34.1 Å². The zero-order chi connectivity index (χ0) is 16.2. The van der Waals surface area contributed by atoms with E-state index >= 15 is 0 Å². The predicted octanol–water partition coefficient (Wildman–Crippen LogP) is 1.89. The summed E-state index contributed by atoms with van der Waals surface area (Å²) in [6.07, 6.45) is 0. The Hall–Kier alpha value is -2.70. The molecular weight excluding hydrogens is 296 g/mol. The largest absolute Gasteiger partial charge is 0.454 e. The highest BCUT2D eigenvalue weighted by Gasteiger charge is 2.17. The first kappa shape index (κ1) is 15.2. The van der Waals surface area contributed by atoms with Crippen molar-refractivity contribution < 1.29 is 14.0 Å². The molecule has 0 saturated carbocycles. The number of ether oxygens (including phenoxy) is 2. The smallest absolute Gasteiger partial charge is 0.231 e. The summed E-state index contributed by atoms with van der Waals surface area (Å²) in [5.41, 5.74) is 2.96. The molecule has 0 aliphatic carbocycles. The van der Waals surface area contributed by atoms with Crippen LogP contribution in [0.4, 0.5) is 0 Å². The number of rotatable bonds is 4. The van der Waals surface area contributed by atoms with Crippen molar-refractivity contribution >= 4 is 5.96 Å². The van der Waals surface area contributed by atoms with Gasteiger partial charge in [0.15, 0.2) is 17.5 Å². The zero-order valence-corrected chi connectivity index (χ0v) is 13.5. The SMILES string of the molecule is CN=C(NCc1cccc2c1OCO2)NCc1c(C)noc1C. The molecule has 1 aromatic heterocycles. The van der Waals surface area contributed by atoms with Gasteiger partial charge in [0, 0.05) is 31.3 Å². The molecule has 2 heterocycles. The Bertz CT molecular complexity index is 705. The lowest BCUT2D eigenvalue weighted by Crippen LogP contribution is -2.36. The van der Waals surface area contributed by atoms with Gasteiger partial charge in [-0.1, -0.05) is 17.3 Å². The van der Waals surface area contributed by atoms with E-state index in [9.17, 15) is 0 Å². The lowest BCUT2D eigenvalue weighted by molar-refractivity contribution is 0.173. The summed E-state index contributed by atoms with van der Waals surface area (Å²) < 4.78 is 16.0. The highest BCUT2D eigenvalue weighted by molar-refractivity contribution is 5.79. The van der Waals surface area contributed by atoms with Gasteiger partial charge < -0.3 is 24.6 Å². The van der Waals surface area contributed by atoms with Crippen molar-refractivity contribution in [1.82, 2.24) is 15.8 Å². The summed E-state index contributed by atoms with van der Waals surface area (Å²) in [6, 6.07) is 5.85. The minimum Gasteiger partial charge on any atom is -0.454 e. The van der Waals surface area contributed by atoms with E-state index in [1.807, 2.05) is 32.0 Å². The number of hydrogen-bond acceptors (Lipinski definition) is 5. The van der Waals surface area contributed by atoms with Gasteiger partial charge in [-0.15, -0.1) is 0 Å². The third-order valence-electron chi connectivity index (χ3n) is 3.76. The molecule has 3 rings (SSSR count). The first-order valence-electron chi connectivity index (χ1n) is 7.42. The van der Waals surface area contributed by atoms with Crippen molar-refractivity contribution in [2.24, 2.45) is 4.99 Å². The molecule has 2 N–H and O–H groups in total. The quantitative estimate of drug-likeness (QED) is 0.662.